The molecule has 3 aromatic carbocycles. The van der Waals surface area contributed by atoms with Gasteiger partial charge in [0.15, 0.2) is 5.75 Å². The van der Waals surface area contributed by atoms with E-state index in [1.54, 1.807) is 13.2 Å². The van der Waals surface area contributed by atoms with E-state index in [-0.39, 0.29) is 5.75 Å². The van der Waals surface area contributed by atoms with Crippen molar-refractivity contribution in [2.24, 2.45) is 10.2 Å². The number of phenols is 1. The molecule has 0 saturated carbocycles. The molecule has 4 heteroatoms. The van der Waals surface area contributed by atoms with Gasteiger partial charge in [-0.05, 0) is 12.1 Å². The molecule has 0 unspecified atom stereocenters. The molecular formula is C17H14N2O2. The first-order valence-corrected chi connectivity index (χ1v) is 6.55. The smallest absolute Gasteiger partial charge is 0.151 e. The molecule has 0 radical (unpaired) electrons. The summed E-state index contributed by atoms with van der Waals surface area (Å²) in [4.78, 5) is 0. The fourth-order valence-electron chi connectivity index (χ4n) is 2.16. The number of nitrogens with zero attached hydrogens (tertiary/aromatic N) is 2. The summed E-state index contributed by atoms with van der Waals surface area (Å²) in [6.45, 7) is 0. The lowest BCUT2D eigenvalue weighted by Crippen LogP contribution is -1.85. The van der Waals surface area contributed by atoms with Crippen molar-refractivity contribution in [3.63, 3.8) is 0 Å². The number of rotatable bonds is 3. The second-order valence-corrected chi connectivity index (χ2v) is 4.53. The molecule has 21 heavy (non-hydrogen) atoms. The quantitative estimate of drug-likeness (QED) is 0.688. The Bertz CT molecular complexity index is 798. The summed E-state index contributed by atoms with van der Waals surface area (Å²) < 4.78 is 5.36. The van der Waals surface area contributed by atoms with E-state index in [4.69, 9.17) is 4.74 Å². The summed E-state index contributed by atoms with van der Waals surface area (Å²) in [5, 5.41) is 20.1. The monoisotopic (exact) mass is 278 g/mol. The number of azo groups is 1. The fraction of sp³-hybridized carbons (Fsp3) is 0.0588. The number of fused-ring (bicyclic) bond motifs is 1. The van der Waals surface area contributed by atoms with Crippen LogP contribution in [-0.2, 0) is 0 Å². The minimum atomic E-state index is 0.103. The van der Waals surface area contributed by atoms with Crippen molar-refractivity contribution >= 4 is 22.1 Å². The third kappa shape index (κ3) is 2.56. The average molecular weight is 278 g/mol. The highest BCUT2D eigenvalue weighted by molar-refractivity contribution is 5.97. The van der Waals surface area contributed by atoms with E-state index in [1.807, 2.05) is 54.6 Å². The second kappa shape index (κ2) is 5.63. The highest BCUT2D eigenvalue weighted by Crippen LogP contribution is 2.41. The summed E-state index contributed by atoms with van der Waals surface area (Å²) in [6, 6.07) is 18.5. The van der Waals surface area contributed by atoms with Crippen molar-refractivity contribution in [3.8, 4) is 11.5 Å². The minimum Gasteiger partial charge on any atom is -0.505 e. The normalized spacial score (nSPS) is 11.1. The zero-order chi connectivity index (χ0) is 14.7. The van der Waals surface area contributed by atoms with Gasteiger partial charge in [-0.15, -0.1) is 5.11 Å². The van der Waals surface area contributed by atoms with Crippen LogP contribution in [0, 0.1) is 0 Å². The van der Waals surface area contributed by atoms with Crippen LogP contribution in [0.25, 0.3) is 10.8 Å². The van der Waals surface area contributed by atoms with Gasteiger partial charge in [-0.3, -0.25) is 0 Å². The van der Waals surface area contributed by atoms with Crippen molar-refractivity contribution in [1.29, 1.82) is 0 Å². The van der Waals surface area contributed by atoms with Gasteiger partial charge in [-0.25, -0.2) is 0 Å². The third-order valence-electron chi connectivity index (χ3n) is 3.21. The number of methoxy groups -OCH3 is 1. The lowest BCUT2D eigenvalue weighted by atomic mass is 10.1. The Morgan fingerprint density at radius 1 is 0.857 bits per heavy atom. The molecule has 0 saturated heterocycles. The van der Waals surface area contributed by atoms with Crippen molar-refractivity contribution in [3.05, 3.63) is 60.7 Å². The summed E-state index contributed by atoms with van der Waals surface area (Å²) in [7, 11) is 1.59. The Morgan fingerprint density at radius 2 is 1.52 bits per heavy atom. The zero-order valence-electron chi connectivity index (χ0n) is 11.5. The van der Waals surface area contributed by atoms with Crippen LogP contribution in [0.5, 0.6) is 11.5 Å². The second-order valence-electron chi connectivity index (χ2n) is 4.53. The first-order chi connectivity index (χ1) is 10.3. The Morgan fingerprint density at radius 3 is 2.24 bits per heavy atom. The molecule has 1 N–H and O–H groups in total. The molecule has 4 nitrogen and oxygen atoms in total. The number of hydrogen-bond donors (Lipinski definition) is 1. The molecule has 0 bridgehead atoms. The highest BCUT2D eigenvalue weighted by atomic mass is 16.5. The van der Waals surface area contributed by atoms with Crippen LogP contribution in [0.2, 0.25) is 0 Å². The molecule has 0 aliphatic heterocycles. The Labute approximate surface area is 122 Å². The maximum Gasteiger partial charge on any atom is 0.151 e. The van der Waals surface area contributed by atoms with E-state index in [1.165, 1.54) is 0 Å². The number of ether oxygens (including phenoxy) is 1. The minimum absolute atomic E-state index is 0.103. The van der Waals surface area contributed by atoms with Gasteiger partial charge in [0.2, 0.25) is 0 Å². The standard InChI is InChI=1S/C17H14N2O2/c1-21-16-11-15(19-18-12-7-3-2-4-8-12)17(20)14-10-6-5-9-13(14)16/h2-11,20H,1H3. The van der Waals surface area contributed by atoms with Gasteiger partial charge < -0.3 is 9.84 Å². The molecule has 0 aromatic heterocycles. The van der Waals surface area contributed by atoms with Gasteiger partial charge >= 0.3 is 0 Å². The summed E-state index contributed by atoms with van der Waals surface area (Å²) in [5.41, 5.74) is 1.11. The van der Waals surface area contributed by atoms with Crippen LogP contribution in [0.15, 0.2) is 70.9 Å². The molecule has 0 atom stereocenters. The number of benzene rings is 3. The summed E-state index contributed by atoms with van der Waals surface area (Å²) in [6.07, 6.45) is 0. The number of phenolic OH excluding ortho intramolecular Hbond substituents is 1. The Kier molecular flexibility index (Phi) is 3.51. The van der Waals surface area contributed by atoms with Crippen LogP contribution in [-0.4, -0.2) is 12.2 Å². The van der Waals surface area contributed by atoms with Crippen LogP contribution >= 0.6 is 0 Å². The third-order valence-corrected chi connectivity index (χ3v) is 3.21. The molecule has 3 rings (SSSR count). The maximum absolute atomic E-state index is 10.3. The van der Waals surface area contributed by atoms with Crippen LogP contribution in [0.3, 0.4) is 0 Å². The Balaban J connectivity index is 2.11. The predicted molar refractivity (Wildman–Crippen MR) is 82.8 cm³/mol. The van der Waals surface area contributed by atoms with E-state index in [0.717, 1.165) is 11.1 Å². The predicted octanol–water partition coefficient (Wildman–Crippen LogP) is 4.97. The van der Waals surface area contributed by atoms with E-state index < -0.39 is 0 Å². The van der Waals surface area contributed by atoms with Crippen molar-refractivity contribution in [1.82, 2.24) is 0 Å². The summed E-state index contributed by atoms with van der Waals surface area (Å²) >= 11 is 0. The molecule has 0 amide bonds. The van der Waals surface area contributed by atoms with Crippen LogP contribution in [0.1, 0.15) is 0 Å². The molecule has 0 aliphatic carbocycles. The number of hydrogen-bond acceptors (Lipinski definition) is 4. The van der Waals surface area contributed by atoms with E-state index in [0.29, 0.717) is 16.8 Å². The summed E-state index contributed by atoms with van der Waals surface area (Å²) in [5.74, 6) is 0.761. The van der Waals surface area contributed by atoms with Crippen LogP contribution < -0.4 is 4.74 Å². The van der Waals surface area contributed by atoms with E-state index in [2.05, 4.69) is 10.2 Å². The molecule has 3 aromatic rings. The number of aromatic hydroxyl groups is 1. The molecule has 0 fully saturated rings. The van der Waals surface area contributed by atoms with Crippen LogP contribution in [0.4, 0.5) is 11.4 Å². The zero-order valence-corrected chi connectivity index (χ0v) is 11.5. The van der Waals surface area contributed by atoms with Gasteiger partial charge in [-0.1, -0.05) is 42.5 Å². The van der Waals surface area contributed by atoms with Gasteiger partial charge in [0.25, 0.3) is 0 Å². The lowest BCUT2D eigenvalue weighted by Gasteiger charge is -2.09. The molecule has 0 aliphatic rings. The van der Waals surface area contributed by atoms with E-state index >= 15 is 0 Å². The van der Waals surface area contributed by atoms with Gasteiger partial charge in [0.05, 0.1) is 12.8 Å². The fourth-order valence-corrected chi connectivity index (χ4v) is 2.16. The highest BCUT2D eigenvalue weighted by Gasteiger charge is 2.11. The largest absolute Gasteiger partial charge is 0.505 e. The van der Waals surface area contributed by atoms with Crippen molar-refractivity contribution < 1.29 is 9.84 Å². The topological polar surface area (TPSA) is 54.2 Å². The molecule has 0 heterocycles. The van der Waals surface area contributed by atoms with Crippen molar-refractivity contribution in [2.45, 2.75) is 0 Å². The van der Waals surface area contributed by atoms with Crippen molar-refractivity contribution in [2.75, 3.05) is 7.11 Å². The molecule has 104 valence electrons. The van der Waals surface area contributed by atoms with E-state index in [9.17, 15) is 5.11 Å². The van der Waals surface area contributed by atoms with Gasteiger partial charge in [-0.2, -0.15) is 5.11 Å². The van der Waals surface area contributed by atoms with Gasteiger partial charge in [0.1, 0.15) is 11.4 Å². The first kappa shape index (κ1) is 13.1. The SMILES string of the molecule is COc1cc(N=Nc2ccccc2)c(O)c2ccccc12. The molecule has 0 spiro atoms. The average Bonchev–Trinajstić information content (AvgIpc) is 2.55. The maximum atomic E-state index is 10.3. The lowest BCUT2D eigenvalue weighted by molar-refractivity contribution is 0.418. The Hall–Kier alpha value is -2.88. The van der Waals surface area contributed by atoms with Gasteiger partial charge in [0, 0.05) is 16.8 Å². The first-order valence-electron chi connectivity index (χ1n) is 6.55. The molecular weight excluding hydrogens is 264 g/mol.